The third-order valence-corrected chi connectivity index (χ3v) is 5.67. The van der Waals surface area contributed by atoms with E-state index < -0.39 is 23.0 Å². The highest BCUT2D eigenvalue weighted by atomic mass is 32.2. The van der Waals surface area contributed by atoms with Gasteiger partial charge >= 0.3 is 0 Å². The first-order chi connectivity index (χ1) is 16.0. The Kier molecular flexibility index (Phi) is 6.99. The quantitative estimate of drug-likeness (QED) is 0.322. The molecule has 0 aliphatic carbocycles. The molecule has 0 unspecified atom stereocenters. The predicted molar refractivity (Wildman–Crippen MR) is 120 cm³/mol. The summed E-state index contributed by atoms with van der Waals surface area (Å²) in [5.74, 6) is -1.02. The summed E-state index contributed by atoms with van der Waals surface area (Å²) in [6.45, 7) is 1.66. The van der Waals surface area contributed by atoms with Crippen LogP contribution in [0.3, 0.4) is 0 Å². The van der Waals surface area contributed by atoms with Gasteiger partial charge in [0.2, 0.25) is 5.91 Å². The van der Waals surface area contributed by atoms with Crippen LogP contribution in [-0.2, 0) is 4.79 Å². The summed E-state index contributed by atoms with van der Waals surface area (Å²) in [5, 5.41) is 10.2. The second-order valence-electron chi connectivity index (χ2n) is 7.00. The monoisotopic (exact) mass is 467 g/mol. The van der Waals surface area contributed by atoms with E-state index in [4.69, 9.17) is 9.15 Å². The van der Waals surface area contributed by atoms with Gasteiger partial charge in [-0.25, -0.2) is 8.78 Å². The minimum absolute atomic E-state index is 0.0678. The molecule has 6 nitrogen and oxygen atoms in total. The number of nitrogens with one attached hydrogen (secondary N) is 1. The van der Waals surface area contributed by atoms with Gasteiger partial charge in [0.05, 0.1) is 0 Å². The molecule has 1 aromatic heterocycles. The van der Waals surface area contributed by atoms with Crippen molar-refractivity contribution in [2.45, 2.75) is 23.5 Å². The molecule has 0 fully saturated rings. The molecule has 0 bridgehead atoms. The standard InChI is InChI=1S/C24H19F2N3O3S/c1-15(31-20-10-6-5-9-19(20)26)23-28-29-24(32-23)33-21(16-7-3-2-4-8-16)22(30)27-18-13-11-17(25)12-14-18/h2-15,21H,1H3,(H,27,30)/t15-,21-/m0/s1. The molecule has 1 heterocycles. The summed E-state index contributed by atoms with van der Waals surface area (Å²) in [5.41, 5.74) is 1.18. The van der Waals surface area contributed by atoms with E-state index in [-0.39, 0.29) is 22.8 Å². The van der Waals surface area contributed by atoms with Gasteiger partial charge < -0.3 is 14.5 Å². The Hall–Kier alpha value is -3.72. The van der Waals surface area contributed by atoms with Crippen LogP contribution in [0.5, 0.6) is 5.75 Å². The molecule has 2 atom stereocenters. The molecule has 0 saturated heterocycles. The molecule has 9 heteroatoms. The van der Waals surface area contributed by atoms with Crippen LogP contribution in [0.4, 0.5) is 14.5 Å². The molecule has 33 heavy (non-hydrogen) atoms. The summed E-state index contributed by atoms with van der Waals surface area (Å²) >= 11 is 1.06. The van der Waals surface area contributed by atoms with Crippen molar-refractivity contribution in [2.75, 3.05) is 5.32 Å². The molecule has 0 radical (unpaired) electrons. The number of halogens is 2. The van der Waals surface area contributed by atoms with Crippen molar-refractivity contribution in [3.8, 4) is 5.75 Å². The summed E-state index contributed by atoms with van der Waals surface area (Å²) in [6.07, 6.45) is -0.702. The fraction of sp³-hybridized carbons (Fsp3) is 0.125. The van der Waals surface area contributed by atoms with Gasteiger partial charge in [-0.15, -0.1) is 10.2 Å². The Morgan fingerprint density at radius 1 is 0.970 bits per heavy atom. The van der Waals surface area contributed by atoms with Crippen molar-refractivity contribution in [3.05, 3.63) is 102 Å². The average Bonchev–Trinajstić information content (AvgIpc) is 3.30. The Bertz CT molecular complexity index is 1220. The van der Waals surface area contributed by atoms with E-state index in [1.807, 2.05) is 30.3 Å². The maximum absolute atomic E-state index is 13.9. The smallest absolute Gasteiger partial charge is 0.277 e. The molecule has 4 aromatic rings. The van der Waals surface area contributed by atoms with Gasteiger partial charge in [0.25, 0.3) is 11.1 Å². The molecule has 0 aliphatic heterocycles. The highest BCUT2D eigenvalue weighted by Gasteiger charge is 2.26. The number of hydrogen-bond donors (Lipinski definition) is 1. The van der Waals surface area contributed by atoms with Crippen molar-refractivity contribution in [3.63, 3.8) is 0 Å². The Morgan fingerprint density at radius 2 is 1.67 bits per heavy atom. The van der Waals surface area contributed by atoms with Crippen LogP contribution < -0.4 is 10.1 Å². The second kappa shape index (κ2) is 10.3. The number of carbonyl (C=O) groups is 1. The van der Waals surface area contributed by atoms with Gasteiger partial charge in [-0.05, 0) is 60.6 Å². The van der Waals surface area contributed by atoms with E-state index in [1.54, 1.807) is 19.1 Å². The molecule has 168 valence electrons. The first kappa shape index (κ1) is 22.5. The van der Waals surface area contributed by atoms with Gasteiger partial charge in [0.15, 0.2) is 17.7 Å². The summed E-state index contributed by atoms with van der Waals surface area (Å²) < 4.78 is 38.3. The lowest BCUT2D eigenvalue weighted by Gasteiger charge is -2.15. The number of rotatable bonds is 8. The van der Waals surface area contributed by atoms with E-state index in [0.717, 1.165) is 17.3 Å². The number of benzene rings is 3. The first-order valence-electron chi connectivity index (χ1n) is 10.0. The van der Waals surface area contributed by atoms with Crippen LogP contribution in [0.25, 0.3) is 0 Å². The van der Waals surface area contributed by atoms with Gasteiger partial charge in [0, 0.05) is 5.69 Å². The molecular formula is C24H19F2N3O3S. The third-order valence-electron chi connectivity index (χ3n) is 4.58. The molecule has 3 aromatic carbocycles. The van der Waals surface area contributed by atoms with Gasteiger partial charge in [-0.3, -0.25) is 4.79 Å². The average molecular weight is 467 g/mol. The lowest BCUT2D eigenvalue weighted by atomic mass is 10.1. The van der Waals surface area contributed by atoms with Crippen molar-refractivity contribution >= 4 is 23.4 Å². The number of nitrogens with zero attached hydrogens (tertiary/aromatic N) is 2. The largest absolute Gasteiger partial charge is 0.478 e. The number of hydrogen-bond acceptors (Lipinski definition) is 6. The summed E-state index contributed by atoms with van der Waals surface area (Å²) in [6, 6.07) is 20.6. The van der Waals surface area contributed by atoms with Gasteiger partial charge in [0.1, 0.15) is 11.1 Å². The topological polar surface area (TPSA) is 77.2 Å². The molecule has 0 spiro atoms. The van der Waals surface area contributed by atoms with Crippen LogP contribution in [0, 0.1) is 11.6 Å². The fourth-order valence-electron chi connectivity index (χ4n) is 2.96. The maximum Gasteiger partial charge on any atom is 0.277 e. The maximum atomic E-state index is 13.9. The zero-order valence-electron chi connectivity index (χ0n) is 17.4. The van der Waals surface area contributed by atoms with Gasteiger partial charge in [-0.2, -0.15) is 0 Å². The molecule has 1 N–H and O–H groups in total. The van der Waals surface area contributed by atoms with E-state index in [2.05, 4.69) is 15.5 Å². The highest BCUT2D eigenvalue weighted by Crippen LogP contribution is 2.36. The van der Waals surface area contributed by atoms with Crippen molar-refractivity contribution in [1.82, 2.24) is 10.2 Å². The normalized spacial score (nSPS) is 12.7. The lowest BCUT2D eigenvalue weighted by Crippen LogP contribution is -2.19. The Balaban J connectivity index is 1.51. The van der Waals surface area contributed by atoms with Crippen LogP contribution in [0.1, 0.15) is 29.7 Å². The number of amides is 1. The van der Waals surface area contributed by atoms with Gasteiger partial charge in [-0.1, -0.05) is 42.5 Å². The van der Waals surface area contributed by atoms with Crippen LogP contribution in [0.15, 0.2) is 88.5 Å². The van der Waals surface area contributed by atoms with E-state index in [1.165, 1.54) is 36.4 Å². The molecule has 0 saturated carbocycles. The van der Waals surface area contributed by atoms with E-state index >= 15 is 0 Å². The molecule has 1 amide bonds. The van der Waals surface area contributed by atoms with Crippen LogP contribution >= 0.6 is 11.8 Å². The zero-order chi connectivity index (χ0) is 23.2. The number of ether oxygens (including phenoxy) is 1. The fourth-order valence-corrected chi connectivity index (χ4v) is 3.84. The number of aromatic nitrogens is 2. The van der Waals surface area contributed by atoms with Crippen LogP contribution in [0.2, 0.25) is 0 Å². The minimum atomic E-state index is -0.715. The SMILES string of the molecule is C[C@H](Oc1ccccc1F)c1nnc(S[C@H](C(=O)Nc2ccc(F)cc2)c2ccccc2)o1. The van der Waals surface area contributed by atoms with Crippen LogP contribution in [-0.4, -0.2) is 16.1 Å². The highest BCUT2D eigenvalue weighted by molar-refractivity contribution is 8.00. The summed E-state index contributed by atoms with van der Waals surface area (Å²) in [7, 11) is 0. The van der Waals surface area contributed by atoms with Crippen molar-refractivity contribution < 1.29 is 22.7 Å². The molecule has 4 rings (SSSR count). The Morgan fingerprint density at radius 3 is 2.39 bits per heavy atom. The van der Waals surface area contributed by atoms with E-state index in [0.29, 0.717) is 5.69 Å². The number of carbonyl (C=O) groups excluding carboxylic acids is 1. The number of thioether (sulfide) groups is 1. The molecular weight excluding hydrogens is 448 g/mol. The van der Waals surface area contributed by atoms with E-state index in [9.17, 15) is 13.6 Å². The predicted octanol–water partition coefficient (Wildman–Crippen LogP) is 5.96. The van der Waals surface area contributed by atoms with Crippen molar-refractivity contribution in [1.29, 1.82) is 0 Å². The number of para-hydroxylation sites is 1. The number of anilines is 1. The zero-order valence-corrected chi connectivity index (χ0v) is 18.3. The first-order valence-corrected chi connectivity index (χ1v) is 10.9. The second-order valence-corrected chi connectivity index (χ2v) is 8.06. The molecule has 0 aliphatic rings. The van der Waals surface area contributed by atoms with Crippen molar-refractivity contribution in [2.24, 2.45) is 0 Å². The third kappa shape index (κ3) is 5.75. The summed E-state index contributed by atoms with van der Waals surface area (Å²) in [4.78, 5) is 13.0. The Labute approximate surface area is 193 Å². The lowest BCUT2D eigenvalue weighted by molar-refractivity contribution is -0.115. The minimum Gasteiger partial charge on any atom is -0.478 e.